The van der Waals surface area contributed by atoms with E-state index in [1.165, 1.54) is 34.4 Å². The molecule has 2 heterocycles. The van der Waals surface area contributed by atoms with Crippen molar-refractivity contribution < 1.29 is 8.78 Å². The Morgan fingerprint density at radius 1 is 1.12 bits per heavy atom. The van der Waals surface area contributed by atoms with Crippen LogP contribution in [0, 0.1) is 11.6 Å². The number of hydrogen-bond donors (Lipinski definition) is 0. The van der Waals surface area contributed by atoms with Gasteiger partial charge in [0.15, 0.2) is 11.6 Å². The Bertz CT molecular complexity index is 1170. The molecule has 4 aromatic rings. The summed E-state index contributed by atoms with van der Waals surface area (Å²) in [5, 5.41) is 2.91. The second-order valence-electron chi connectivity index (χ2n) is 5.73. The van der Waals surface area contributed by atoms with Gasteiger partial charge in [0.25, 0.3) is 5.56 Å². The van der Waals surface area contributed by atoms with Crippen LogP contribution >= 0.6 is 22.9 Å². The van der Waals surface area contributed by atoms with E-state index in [4.69, 9.17) is 11.6 Å². The Morgan fingerprint density at radius 3 is 2.65 bits per heavy atom. The first-order chi connectivity index (χ1) is 12.5. The highest BCUT2D eigenvalue weighted by Crippen LogP contribution is 2.31. The molecule has 0 unspecified atom stereocenters. The van der Waals surface area contributed by atoms with Gasteiger partial charge in [0.05, 0.1) is 18.3 Å². The van der Waals surface area contributed by atoms with Gasteiger partial charge in [0.1, 0.15) is 4.83 Å². The van der Waals surface area contributed by atoms with E-state index >= 15 is 0 Å². The van der Waals surface area contributed by atoms with Crippen LogP contribution in [0.2, 0.25) is 5.02 Å². The molecule has 0 atom stereocenters. The molecule has 0 aliphatic carbocycles. The molecule has 130 valence electrons. The van der Waals surface area contributed by atoms with Crippen LogP contribution < -0.4 is 5.56 Å². The molecule has 0 spiro atoms. The van der Waals surface area contributed by atoms with Crippen molar-refractivity contribution in [2.24, 2.45) is 0 Å². The van der Waals surface area contributed by atoms with E-state index < -0.39 is 11.6 Å². The standard InChI is InChI=1S/C19H11ClF2N2OS/c20-13-6-4-11(5-7-13)14-9-26-18-16(14)19(25)24(10-23-18)8-12-2-1-3-15(21)17(12)22/h1-7,9-10H,8H2. The predicted molar refractivity (Wildman–Crippen MR) is 99.8 cm³/mol. The van der Waals surface area contributed by atoms with E-state index in [-0.39, 0.29) is 17.7 Å². The smallest absolute Gasteiger partial charge is 0.263 e. The lowest BCUT2D eigenvalue weighted by Gasteiger charge is -2.08. The first kappa shape index (κ1) is 16.9. The van der Waals surface area contributed by atoms with Gasteiger partial charge in [-0.25, -0.2) is 13.8 Å². The predicted octanol–water partition coefficient (Wildman–Crippen LogP) is 5.10. The number of hydrogen-bond acceptors (Lipinski definition) is 3. The fourth-order valence-corrected chi connectivity index (χ4v) is 3.81. The molecule has 0 saturated carbocycles. The highest BCUT2D eigenvalue weighted by Gasteiger charge is 2.15. The van der Waals surface area contributed by atoms with Crippen LogP contribution in [-0.2, 0) is 6.54 Å². The monoisotopic (exact) mass is 388 g/mol. The third-order valence-electron chi connectivity index (χ3n) is 4.09. The first-order valence-corrected chi connectivity index (χ1v) is 8.96. The summed E-state index contributed by atoms with van der Waals surface area (Å²) in [4.78, 5) is 17.8. The van der Waals surface area contributed by atoms with Crippen molar-refractivity contribution in [2.45, 2.75) is 6.54 Å². The average Bonchev–Trinajstić information content (AvgIpc) is 3.07. The lowest BCUT2D eigenvalue weighted by molar-refractivity contribution is 0.494. The summed E-state index contributed by atoms with van der Waals surface area (Å²) in [6.45, 7) is -0.0960. The van der Waals surface area contributed by atoms with E-state index in [9.17, 15) is 13.6 Å². The molecule has 0 saturated heterocycles. The highest BCUT2D eigenvalue weighted by atomic mass is 35.5. The van der Waals surface area contributed by atoms with Gasteiger partial charge >= 0.3 is 0 Å². The second kappa shape index (κ2) is 6.63. The van der Waals surface area contributed by atoms with Crippen LogP contribution in [0.15, 0.2) is 59.0 Å². The van der Waals surface area contributed by atoms with Gasteiger partial charge < -0.3 is 0 Å². The Balaban J connectivity index is 1.84. The Kier molecular flexibility index (Phi) is 4.30. The summed E-state index contributed by atoms with van der Waals surface area (Å²) in [5.74, 6) is -1.90. The zero-order valence-corrected chi connectivity index (χ0v) is 14.8. The summed E-state index contributed by atoms with van der Waals surface area (Å²) in [6, 6.07) is 11.0. The van der Waals surface area contributed by atoms with Crippen molar-refractivity contribution in [3.63, 3.8) is 0 Å². The van der Waals surface area contributed by atoms with Gasteiger partial charge in [0, 0.05) is 21.5 Å². The normalized spacial score (nSPS) is 11.2. The molecule has 3 nitrogen and oxygen atoms in total. The summed E-state index contributed by atoms with van der Waals surface area (Å²) in [6.07, 6.45) is 1.36. The van der Waals surface area contributed by atoms with Crippen molar-refractivity contribution in [3.05, 3.63) is 86.7 Å². The molecule has 2 aromatic carbocycles. The van der Waals surface area contributed by atoms with Gasteiger partial charge in [-0.05, 0) is 23.8 Å². The Morgan fingerprint density at radius 2 is 1.88 bits per heavy atom. The molecule has 0 bridgehead atoms. The van der Waals surface area contributed by atoms with Crippen LogP contribution in [0.3, 0.4) is 0 Å². The van der Waals surface area contributed by atoms with Gasteiger partial charge in [-0.1, -0.05) is 35.9 Å². The number of aromatic nitrogens is 2. The minimum atomic E-state index is -0.956. The summed E-state index contributed by atoms with van der Waals surface area (Å²) >= 11 is 7.28. The van der Waals surface area contributed by atoms with Crippen molar-refractivity contribution in [1.82, 2.24) is 9.55 Å². The highest BCUT2D eigenvalue weighted by molar-refractivity contribution is 7.17. The van der Waals surface area contributed by atoms with Crippen molar-refractivity contribution >= 4 is 33.2 Å². The number of halogens is 3. The van der Waals surface area contributed by atoms with Gasteiger partial charge in [-0.3, -0.25) is 9.36 Å². The molecule has 4 rings (SSSR count). The van der Waals surface area contributed by atoms with Crippen LogP contribution in [0.4, 0.5) is 8.78 Å². The largest absolute Gasteiger partial charge is 0.294 e. The fraction of sp³-hybridized carbons (Fsp3) is 0.0526. The van der Waals surface area contributed by atoms with Crippen molar-refractivity contribution in [1.29, 1.82) is 0 Å². The zero-order chi connectivity index (χ0) is 18.3. The van der Waals surface area contributed by atoms with Crippen molar-refractivity contribution in [2.75, 3.05) is 0 Å². The molecule has 0 amide bonds. The number of benzene rings is 2. The molecular weight excluding hydrogens is 378 g/mol. The molecule has 0 fully saturated rings. The quantitative estimate of drug-likeness (QED) is 0.489. The molecule has 2 aromatic heterocycles. The Labute approximate surface area is 156 Å². The summed E-state index contributed by atoms with van der Waals surface area (Å²) in [5.41, 5.74) is 1.38. The van der Waals surface area contributed by atoms with Crippen molar-refractivity contribution in [3.8, 4) is 11.1 Å². The maximum atomic E-state index is 13.9. The van der Waals surface area contributed by atoms with E-state index in [1.807, 2.05) is 17.5 Å². The van der Waals surface area contributed by atoms with Gasteiger partial charge in [0.2, 0.25) is 0 Å². The fourth-order valence-electron chi connectivity index (χ4n) is 2.78. The average molecular weight is 389 g/mol. The molecule has 0 aliphatic heterocycles. The third kappa shape index (κ3) is 2.91. The number of nitrogens with zero attached hydrogens (tertiary/aromatic N) is 2. The van der Waals surface area contributed by atoms with Crippen LogP contribution in [0.25, 0.3) is 21.3 Å². The first-order valence-electron chi connectivity index (χ1n) is 7.70. The van der Waals surface area contributed by atoms with Gasteiger partial charge in [-0.2, -0.15) is 0 Å². The Hall–Kier alpha value is -2.57. The third-order valence-corrected chi connectivity index (χ3v) is 5.23. The molecule has 0 aliphatic rings. The maximum absolute atomic E-state index is 13.9. The number of thiophene rings is 1. The SMILES string of the molecule is O=c1c2c(-c3ccc(Cl)cc3)csc2ncn1Cc1cccc(F)c1F. The maximum Gasteiger partial charge on any atom is 0.263 e. The van der Waals surface area contributed by atoms with E-state index in [0.717, 1.165) is 17.2 Å². The number of fused-ring (bicyclic) bond motifs is 1. The summed E-state index contributed by atoms with van der Waals surface area (Å²) < 4.78 is 28.6. The van der Waals surface area contributed by atoms with Crippen LogP contribution in [-0.4, -0.2) is 9.55 Å². The minimum Gasteiger partial charge on any atom is -0.294 e. The van der Waals surface area contributed by atoms with Crippen LogP contribution in [0.5, 0.6) is 0 Å². The van der Waals surface area contributed by atoms with E-state index in [1.54, 1.807) is 12.1 Å². The summed E-state index contributed by atoms with van der Waals surface area (Å²) in [7, 11) is 0. The topological polar surface area (TPSA) is 34.9 Å². The number of rotatable bonds is 3. The van der Waals surface area contributed by atoms with E-state index in [2.05, 4.69) is 4.98 Å². The molecule has 0 N–H and O–H groups in total. The minimum absolute atomic E-state index is 0.0940. The second-order valence-corrected chi connectivity index (χ2v) is 7.02. The van der Waals surface area contributed by atoms with E-state index in [0.29, 0.717) is 15.2 Å². The molecule has 0 radical (unpaired) electrons. The molecule has 7 heteroatoms. The van der Waals surface area contributed by atoms with Gasteiger partial charge in [-0.15, -0.1) is 11.3 Å². The zero-order valence-electron chi connectivity index (χ0n) is 13.2. The lowest BCUT2D eigenvalue weighted by Crippen LogP contribution is -2.21. The molecule has 26 heavy (non-hydrogen) atoms. The van der Waals surface area contributed by atoms with Crippen LogP contribution in [0.1, 0.15) is 5.56 Å². The molecular formula is C19H11ClF2N2OS. The lowest BCUT2D eigenvalue weighted by atomic mass is 10.1.